The molecule has 2 aliphatic rings. The number of methoxy groups -OCH3 is 1. The second-order valence-corrected chi connectivity index (χ2v) is 9.62. The normalized spacial score (nSPS) is 19.9. The van der Waals surface area contributed by atoms with Crippen molar-refractivity contribution in [1.29, 1.82) is 0 Å². The molecule has 2 aliphatic heterocycles. The second-order valence-electron chi connectivity index (χ2n) is 7.68. The topological polar surface area (TPSA) is 102 Å². The molecule has 0 bridgehead atoms. The van der Waals surface area contributed by atoms with Crippen molar-refractivity contribution in [2.75, 3.05) is 33.3 Å². The molecular weight excluding hydrogens is 420 g/mol. The SMILES string of the molecule is COc1ccc(OC2CCN(C(=O)c3ccc(S(=O)(=O)N4CCCCC4)cc3)C2)nn1. The quantitative estimate of drug-likeness (QED) is 0.668. The van der Waals surface area contributed by atoms with Crippen molar-refractivity contribution < 1.29 is 22.7 Å². The Labute approximate surface area is 182 Å². The Hall–Kier alpha value is -2.72. The van der Waals surface area contributed by atoms with Gasteiger partial charge in [0.05, 0.1) is 18.6 Å². The number of hydrogen-bond acceptors (Lipinski definition) is 7. The van der Waals surface area contributed by atoms with Crippen LogP contribution in [0, 0.1) is 0 Å². The molecule has 2 aromatic rings. The van der Waals surface area contributed by atoms with Gasteiger partial charge in [-0.1, -0.05) is 6.42 Å². The summed E-state index contributed by atoms with van der Waals surface area (Å²) in [5, 5.41) is 7.82. The van der Waals surface area contributed by atoms with E-state index >= 15 is 0 Å². The maximum atomic E-state index is 12.9. The van der Waals surface area contributed by atoms with E-state index in [1.54, 1.807) is 29.2 Å². The number of ether oxygens (including phenoxy) is 2. The van der Waals surface area contributed by atoms with E-state index in [2.05, 4.69) is 10.2 Å². The highest BCUT2D eigenvalue weighted by Crippen LogP contribution is 2.23. The van der Waals surface area contributed by atoms with E-state index in [0.29, 0.717) is 49.9 Å². The summed E-state index contributed by atoms with van der Waals surface area (Å²) in [5.74, 6) is 0.641. The van der Waals surface area contributed by atoms with E-state index in [1.807, 2.05) is 0 Å². The summed E-state index contributed by atoms with van der Waals surface area (Å²) in [4.78, 5) is 14.8. The first kappa shape index (κ1) is 21.5. The van der Waals surface area contributed by atoms with E-state index in [4.69, 9.17) is 9.47 Å². The fourth-order valence-corrected chi connectivity index (χ4v) is 5.38. The first-order valence-electron chi connectivity index (χ1n) is 10.4. The number of carbonyl (C=O) groups is 1. The van der Waals surface area contributed by atoms with Gasteiger partial charge in [0, 0.05) is 43.8 Å². The Morgan fingerprint density at radius 2 is 1.65 bits per heavy atom. The standard InChI is InChI=1S/C21H26N4O5S/c1-29-19-9-10-20(23-22-19)30-17-11-14-24(15-17)21(26)16-5-7-18(8-6-16)31(27,28)25-12-3-2-4-13-25/h5-10,17H,2-4,11-15H2,1H3. The van der Waals surface area contributed by atoms with E-state index in [0.717, 1.165) is 19.3 Å². The smallest absolute Gasteiger partial charge is 0.253 e. The molecule has 0 aliphatic carbocycles. The van der Waals surface area contributed by atoms with Gasteiger partial charge in [-0.2, -0.15) is 4.31 Å². The van der Waals surface area contributed by atoms with E-state index in [9.17, 15) is 13.2 Å². The molecular formula is C21H26N4O5S. The number of amides is 1. The Morgan fingerprint density at radius 1 is 0.968 bits per heavy atom. The fourth-order valence-electron chi connectivity index (χ4n) is 3.87. The average molecular weight is 447 g/mol. The number of sulfonamides is 1. The van der Waals surface area contributed by atoms with Gasteiger partial charge in [0.2, 0.25) is 21.8 Å². The number of carbonyl (C=O) groups excluding carboxylic acids is 1. The lowest BCUT2D eigenvalue weighted by atomic mass is 10.2. The molecule has 9 nitrogen and oxygen atoms in total. The summed E-state index contributed by atoms with van der Waals surface area (Å²) >= 11 is 0. The van der Waals surface area contributed by atoms with Gasteiger partial charge < -0.3 is 14.4 Å². The lowest BCUT2D eigenvalue weighted by molar-refractivity contribution is 0.0771. The molecule has 1 aromatic carbocycles. The van der Waals surface area contributed by atoms with Crippen LogP contribution in [-0.4, -0.2) is 73.1 Å². The van der Waals surface area contributed by atoms with Crippen molar-refractivity contribution in [1.82, 2.24) is 19.4 Å². The Morgan fingerprint density at radius 3 is 2.29 bits per heavy atom. The Bertz CT molecular complexity index is 1010. The highest BCUT2D eigenvalue weighted by molar-refractivity contribution is 7.89. The second kappa shape index (κ2) is 9.19. The number of nitrogens with zero attached hydrogens (tertiary/aromatic N) is 4. The number of hydrogen-bond donors (Lipinski definition) is 0. The van der Waals surface area contributed by atoms with Crippen LogP contribution in [0.15, 0.2) is 41.3 Å². The summed E-state index contributed by atoms with van der Waals surface area (Å²) in [6.07, 6.45) is 3.34. The molecule has 0 N–H and O–H groups in total. The van der Waals surface area contributed by atoms with Crippen molar-refractivity contribution in [2.45, 2.75) is 36.7 Å². The maximum absolute atomic E-state index is 12.9. The van der Waals surface area contributed by atoms with Crippen LogP contribution >= 0.6 is 0 Å². The summed E-state index contributed by atoms with van der Waals surface area (Å²) < 4.78 is 37.9. The summed E-state index contributed by atoms with van der Waals surface area (Å²) in [7, 11) is -1.99. The van der Waals surface area contributed by atoms with Crippen LogP contribution in [0.25, 0.3) is 0 Å². The minimum absolute atomic E-state index is 0.145. The monoisotopic (exact) mass is 446 g/mol. The molecule has 1 unspecified atom stereocenters. The van der Waals surface area contributed by atoms with Gasteiger partial charge in [0.25, 0.3) is 5.91 Å². The zero-order valence-electron chi connectivity index (χ0n) is 17.4. The lowest BCUT2D eigenvalue weighted by Crippen LogP contribution is -2.35. The third-order valence-corrected chi connectivity index (χ3v) is 7.51. The number of aromatic nitrogens is 2. The zero-order valence-corrected chi connectivity index (χ0v) is 18.3. The summed E-state index contributed by atoms with van der Waals surface area (Å²) in [6, 6.07) is 9.56. The van der Waals surface area contributed by atoms with Crippen molar-refractivity contribution >= 4 is 15.9 Å². The van der Waals surface area contributed by atoms with Crippen molar-refractivity contribution in [3.63, 3.8) is 0 Å². The third kappa shape index (κ3) is 4.80. The highest BCUT2D eigenvalue weighted by Gasteiger charge is 2.30. The van der Waals surface area contributed by atoms with Gasteiger partial charge in [-0.05, 0) is 37.1 Å². The zero-order chi connectivity index (χ0) is 21.8. The molecule has 10 heteroatoms. The summed E-state index contributed by atoms with van der Waals surface area (Å²) in [6.45, 7) is 2.09. The molecule has 3 heterocycles. The predicted molar refractivity (Wildman–Crippen MR) is 113 cm³/mol. The highest BCUT2D eigenvalue weighted by atomic mass is 32.2. The van der Waals surface area contributed by atoms with Gasteiger partial charge in [0.15, 0.2) is 0 Å². The van der Waals surface area contributed by atoms with Gasteiger partial charge in [-0.25, -0.2) is 8.42 Å². The molecule has 2 saturated heterocycles. The van der Waals surface area contributed by atoms with Crippen LogP contribution in [0.1, 0.15) is 36.0 Å². The average Bonchev–Trinajstić information content (AvgIpc) is 3.28. The first-order valence-corrected chi connectivity index (χ1v) is 11.9. The van der Waals surface area contributed by atoms with Crippen molar-refractivity contribution in [2.24, 2.45) is 0 Å². The maximum Gasteiger partial charge on any atom is 0.253 e. The number of rotatable bonds is 6. The van der Waals surface area contributed by atoms with Gasteiger partial charge in [-0.15, -0.1) is 10.2 Å². The molecule has 0 saturated carbocycles. The number of benzene rings is 1. The fraction of sp³-hybridized carbons (Fsp3) is 0.476. The number of piperidine rings is 1. The van der Waals surface area contributed by atoms with Crippen LogP contribution in [-0.2, 0) is 10.0 Å². The van der Waals surface area contributed by atoms with Gasteiger partial charge in [-0.3, -0.25) is 4.79 Å². The molecule has 0 spiro atoms. The largest absolute Gasteiger partial charge is 0.480 e. The van der Waals surface area contributed by atoms with E-state index in [1.165, 1.54) is 23.5 Å². The van der Waals surface area contributed by atoms with Crippen molar-refractivity contribution in [3.8, 4) is 11.8 Å². The first-order chi connectivity index (χ1) is 15.0. The molecule has 2 fully saturated rings. The minimum atomic E-state index is -3.51. The molecule has 1 aromatic heterocycles. The molecule has 4 rings (SSSR count). The van der Waals surface area contributed by atoms with Crippen LogP contribution in [0.4, 0.5) is 0 Å². The predicted octanol–water partition coefficient (Wildman–Crippen LogP) is 1.95. The lowest BCUT2D eigenvalue weighted by Gasteiger charge is -2.26. The van der Waals surface area contributed by atoms with E-state index in [-0.39, 0.29) is 16.9 Å². The number of likely N-dealkylation sites (tertiary alicyclic amines) is 1. The van der Waals surface area contributed by atoms with Crippen LogP contribution in [0.2, 0.25) is 0 Å². The van der Waals surface area contributed by atoms with Crippen molar-refractivity contribution in [3.05, 3.63) is 42.0 Å². The molecule has 1 atom stereocenters. The van der Waals surface area contributed by atoms with Crippen LogP contribution < -0.4 is 9.47 Å². The molecule has 166 valence electrons. The van der Waals surface area contributed by atoms with E-state index < -0.39 is 10.0 Å². The minimum Gasteiger partial charge on any atom is -0.480 e. The van der Waals surface area contributed by atoms with Crippen LogP contribution in [0.3, 0.4) is 0 Å². The molecule has 1 amide bonds. The van der Waals surface area contributed by atoms with Crippen LogP contribution in [0.5, 0.6) is 11.8 Å². The third-order valence-electron chi connectivity index (χ3n) is 5.60. The van der Waals surface area contributed by atoms with Gasteiger partial charge >= 0.3 is 0 Å². The molecule has 0 radical (unpaired) electrons. The summed E-state index contributed by atoms with van der Waals surface area (Å²) in [5.41, 5.74) is 0.461. The Balaban J connectivity index is 1.37. The molecule has 31 heavy (non-hydrogen) atoms. The Kier molecular flexibility index (Phi) is 6.38. The van der Waals surface area contributed by atoms with Gasteiger partial charge in [0.1, 0.15) is 6.10 Å².